The fourth-order valence-corrected chi connectivity index (χ4v) is 2.28. The summed E-state index contributed by atoms with van der Waals surface area (Å²) in [6.45, 7) is 3.73. The molecule has 82 valence electrons. The van der Waals surface area contributed by atoms with E-state index < -0.39 is 5.97 Å². The number of carbonyl (C=O) groups is 1. The summed E-state index contributed by atoms with van der Waals surface area (Å²) in [6.07, 6.45) is 1.67. The maximum absolute atomic E-state index is 11.0. The third kappa shape index (κ3) is 1.94. The molecule has 4 nitrogen and oxygen atoms in total. The highest BCUT2D eigenvalue weighted by Crippen LogP contribution is 2.28. The van der Waals surface area contributed by atoms with Crippen LogP contribution in [-0.4, -0.2) is 21.0 Å². The van der Waals surface area contributed by atoms with Gasteiger partial charge in [0.15, 0.2) is 5.69 Å². The summed E-state index contributed by atoms with van der Waals surface area (Å²) >= 11 is 1.35. The molecule has 1 N–H and O–H groups in total. The van der Waals surface area contributed by atoms with E-state index in [4.69, 9.17) is 5.11 Å². The lowest BCUT2D eigenvalue weighted by Gasteiger charge is -1.99. The Balaban J connectivity index is 2.59. The number of carboxylic acids is 1. The first-order valence-electron chi connectivity index (χ1n) is 4.71. The van der Waals surface area contributed by atoms with Crippen LogP contribution in [-0.2, 0) is 0 Å². The van der Waals surface area contributed by atoms with Crippen molar-refractivity contribution in [2.75, 3.05) is 0 Å². The molecule has 2 aromatic heterocycles. The Bertz CT molecular complexity index is 549. The molecule has 0 radical (unpaired) electrons. The van der Waals surface area contributed by atoms with Crippen LogP contribution in [0.3, 0.4) is 0 Å². The second-order valence-electron chi connectivity index (χ2n) is 3.43. The standard InChI is InChI=1S/C11H10N2O2S/c1-6-3-4-12-8(5-6)10-9(11(14)15)13-7(2)16-10/h3-5H,1-2H3,(H,14,15). The Morgan fingerprint density at radius 1 is 1.44 bits per heavy atom. The number of hydrogen-bond donors (Lipinski definition) is 1. The smallest absolute Gasteiger partial charge is 0.356 e. The molecule has 2 heterocycles. The lowest BCUT2D eigenvalue weighted by Crippen LogP contribution is -1.99. The lowest BCUT2D eigenvalue weighted by atomic mass is 10.2. The van der Waals surface area contributed by atoms with Crippen molar-refractivity contribution in [1.29, 1.82) is 0 Å². The summed E-state index contributed by atoms with van der Waals surface area (Å²) < 4.78 is 0. The molecule has 0 unspecified atom stereocenters. The maximum atomic E-state index is 11.0. The monoisotopic (exact) mass is 234 g/mol. The van der Waals surface area contributed by atoms with Gasteiger partial charge >= 0.3 is 5.97 Å². The highest BCUT2D eigenvalue weighted by Gasteiger charge is 2.18. The summed E-state index contributed by atoms with van der Waals surface area (Å²) in [5.41, 5.74) is 1.80. The molecule has 0 atom stereocenters. The zero-order valence-corrected chi connectivity index (χ0v) is 9.71. The van der Waals surface area contributed by atoms with E-state index in [9.17, 15) is 4.79 Å². The Kier molecular flexibility index (Phi) is 2.70. The quantitative estimate of drug-likeness (QED) is 0.867. The summed E-state index contributed by atoms with van der Waals surface area (Å²) in [4.78, 5) is 19.8. The van der Waals surface area contributed by atoms with Crippen LogP contribution in [0.4, 0.5) is 0 Å². The van der Waals surface area contributed by atoms with Crippen molar-refractivity contribution in [3.8, 4) is 10.6 Å². The topological polar surface area (TPSA) is 63.1 Å². The molecule has 0 saturated carbocycles. The van der Waals surface area contributed by atoms with Gasteiger partial charge < -0.3 is 5.11 Å². The summed E-state index contributed by atoms with van der Waals surface area (Å²) in [6, 6.07) is 3.73. The molecular weight excluding hydrogens is 224 g/mol. The van der Waals surface area contributed by atoms with Gasteiger partial charge in [-0.3, -0.25) is 4.98 Å². The molecule has 0 aliphatic heterocycles. The van der Waals surface area contributed by atoms with Crippen molar-refractivity contribution in [2.45, 2.75) is 13.8 Å². The van der Waals surface area contributed by atoms with Gasteiger partial charge in [0.1, 0.15) is 0 Å². The Hall–Kier alpha value is -1.75. The van der Waals surface area contributed by atoms with Crippen LogP contribution in [0.25, 0.3) is 10.6 Å². The van der Waals surface area contributed by atoms with Crippen LogP contribution in [0, 0.1) is 13.8 Å². The number of aromatic carboxylic acids is 1. The Morgan fingerprint density at radius 3 is 2.81 bits per heavy atom. The number of rotatable bonds is 2. The van der Waals surface area contributed by atoms with Gasteiger partial charge in [-0.2, -0.15) is 0 Å². The van der Waals surface area contributed by atoms with Crippen molar-refractivity contribution >= 4 is 17.3 Å². The van der Waals surface area contributed by atoms with Gasteiger partial charge in [-0.15, -0.1) is 11.3 Å². The minimum absolute atomic E-state index is 0.0839. The number of aromatic nitrogens is 2. The van der Waals surface area contributed by atoms with Crippen LogP contribution in [0.15, 0.2) is 18.3 Å². The van der Waals surface area contributed by atoms with Crippen LogP contribution in [0.2, 0.25) is 0 Å². The fourth-order valence-electron chi connectivity index (χ4n) is 1.41. The Labute approximate surface area is 96.6 Å². The number of aryl methyl sites for hydroxylation is 2. The molecule has 0 aliphatic carbocycles. The molecule has 0 spiro atoms. The number of thiazole rings is 1. The van der Waals surface area contributed by atoms with E-state index in [1.165, 1.54) is 11.3 Å². The number of pyridine rings is 1. The van der Waals surface area contributed by atoms with Gasteiger partial charge in [0.05, 0.1) is 15.6 Å². The lowest BCUT2D eigenvalue weighted by molar-refractivity contribution is 0.0692. The first kappa shape index (κ1) is 10.8. The number of hydrogen-bond acceptors (Lipinski definition) is 4. The normalized spacial score (nSPS) is 10.4. The molecule has 0 amide bonds. The van der Waals surface area contributed by atoms with E-state index in [0.29, 0.717) is 10.6 Å². The highest BCUT2D eigenvalue weighted by atomic mass is 32.1. The zero-order valence-electron chi connectivity index (χ0n) is 8.89. The average Bonchev–Trinajstić information content (AvgIpc) is 2.60. The van der Waals surface area contributed by atoms with E-state index in [-0.39, 0.29) is 5.69 Å². The predicted molar refractivity (Wildman–Crippen MR) is 61.8 cm³/mol. The number of carboxylic acid groups (broad SMARTS) is 1. The van der Waals surface area contributed by atoms with Crippen LogP contribution in [0.5, 0.6) is 0 Å². The molecule has 2 rings (SSSR count). The van der Waals surface area contributed by atoms with Gasteiger partial charge in [0, 0.05) is 6.20 Å². The molecule has 0 aromatic carbocycles. The first-order chi connectivity index (χ1) is 7.58. The molecule has 5 heteroatoms. The van der Waals surface area contributed by atoms with Crippen molar-refractivity contribution in [2.24, 2.45) is 0 Å². The number of nitrogens with zero attached hydrogens (tertiary/aromatic N) is 2. The van der Waals surface area contributed by atoms with E-state index in [1.54, 1.807) is 13.1 Å². The van der Waals surface area contributed by atoms with Gasteiger partial charge in [0.25, 0.3) is 0 Å². The first-order valence-corrected chi connectivity index (χ1v) is 5.53. The van der Waals surface area contributed by atoms with Crippen molar-refractivity contribution in [3.05, 3.63) is 34.6 Å². The second kappa shape index (κ2) is 4.02. The van der Waals surface area contributed by atoms with Gasteiger partial charge in [-0.1, -0.05) is 0 Å². The zero-order chi connectivity index (χ0) is 11.7. The molecule has 0 aliphatic rings. The van der Waals surface area contributed by atoms with Crippen LogP contribution in [0.1, 0.15) is 21.1 Å². The predicted octanol–water partition coefficient (Wildman–Crippen LogP) is 2.52. The molecule has 0 fully saturated rings. The Morgan fingerprint density at radius 2 is 2.19 bits per heavy atom. The van der Waals surface area contributed by atoms with E-state index in [0.717, 1.165) is 10.6 Å². The van der Waals surface area contributed by atoms with Gasteiger partial charge in [0.2, 0.25) is 0 Å². The van der Waals surface area contributed by atoms with E-state index in [2.05, 4.69) is 9.97 Å². The summed E-state index contributed by atoms with van der Waals surface area (Å²) in [5.74, 6) is -1.01. The van der Waals surface area contributed by atoms with E-state index >= 15 is 0 Å². The highest BCUT2D eigenvalue weighted by molar-refractivity contribution is 7.15. The largest absolute Gasteiger partial charge is 0.476 e. The van der Waals surface area contributed by atoms with Crippen molar-refractivity contribution < 1.29 is 9.90 Å². The summed E-state index contributed by atoms with van der Waals surface area (Å²) in [5, 5.41) is 9.76. The molecule has 0 saturated heterocycles. The third-order valence-corrected chi connectivity index (χ3v) is 3.08. The average molecular weight is 234 g/mol. The van der Waals surface area contributed by atoms with Crippen molar-refractivity contribution in [3.63, 3.8) is 0 Å². The minimum atomic E-state index is -1.01. The van der Waals surface area contributed by atoms with Gasteiger partial charge in [-0.25, -0.2) is 9.78 Å². The minimum Gasteiger partial charge on any atom is -0.476 e. The second-order valence-corrected chi connectivity index (χ2v) is 4.64. The van der Waals surface area contributed by atoms with Crippen LogP contribution >= 0.6 is 11.3 Å². The van der Waals surface area contributed by atoms with Crippen molar-refractivity contribution in [1.82, 2.24) is 9.97 Å². The molecule has 16 heavy (non-hydrogen) atoms. The van der Waals surface area contributed by atoms with Crippen LogP contribution < -0.4 is 0 Å². The molecule has 0 bridgehead atoms. The summed E-state index contributed by atoms with van der Waals surface area (Å²) in [7, 11) is 0. The maximum Gasteiger partial charge on any atom is 0.356 e. The van der Waals surface area contributed by atoms with Gasteiger partial charge in [-0.05, 0) is 31.5 Å². The molecule has 2 aromatic rings. The third-order valence-electron chi connectivity index (χ3n) is 2.08. The molecular formula is C11H10N2O2S. The SMILES string of the molecule is Cc1ccnc(-c2sc(C)nc2C(=O)O)c1. The van der Waals surface area contributed by atoms with E-state index in [1.807, 2.05) is 19.1 Å². The fraction of sp³-hybridized carbons (Fsp3) is 0.182.